The maximum atomic E-state index is 5.95. The van der Waals surface area contributed by atoms with E-state index >= 15 is 0 Å². The molecule has 100 valence electrons. The van der Waals surface area contributed by atoms with E-state index in [1.54, 1.807) is 0 Å². The largest absolute Gasteiger partial charge is 0.354 e. The molecule has 1 aromatic rings. The molecule has 0 aliphatic carbocycles. The van der Waals surface area contributed by atoms with Gasteiger partial charge in [-0.2, -0.15) is 26.7 Å². The zero-order valence-corrected chi connectivity index (χ0v) is 12.1. The summed E-state index contributed by atoms with van der Waals surface area (Å²) in [5.74, 6) is 3.58. The highest BCUT2D eigenvalue weighted by Crippen LogP contribution is 2.18. The third-order valence-corrected chi connectivity index (χ3v) is 3.85. The van der Waals surface area contributed by atoms with Crippen LogP contribution in [0.25, 0.3) is 0 Å². The molecule has 1 saturated heterocycles. The summed E-state index contributed by atoms with van der Waals surface area (Å²) in [5.41, 5.74) is 0. The Labute approximate surface area is 117 Å². The normalized spacial score (nSPS) is 16.4. The van der Waals surface area contributed by atoms with Crippen LogP contribution in [0.15, 0.2) is 0 Å². The quantitative estimate of drug-likeness (QED) is 0.917. The van der Waals surface area contributed by atoms with Crippen molar-refractivity contribution in [3.8, 4) is 0 Å². The summed E-state index contributed by atoms with van der Waals surface area (Å²) in [6.07, 6.45) is 2.19. The second-order valence-electron chi connectivity index (χ2n) is 4.11. The Hall–Kier alpha value is -0.750. The predicted octanol–water partition coefficient (Wildman–Crippen LogP) is 2.29. The fourth-order valence-electron chi connectivity index (χ4n) is 1.74. The zero-order valence-electron chi connectivity index (χ0n) is 10.5. The van der Waals surface area contributed by atoms with Gasteiger partial charge in [0, 0.05) is 25.4 Å². The van der Waals surface area contributed by atoms with Crippen molar-refractivity contribution < 1.29 is 0 Å². The van der Waals surface area contributed by atoms with Gasteiger partial charge in [-0.25, -0.2) is 0 Å². The fourth-order valence-corrected chi connectivity index (χ4v) is 2.79. The average molecular weight is 288 g/mol. The number of nitrogens with zero attached hydrogens (tertiary/aromatic N) is 4. The van der Waals surface area contributed by atoms with Gasteiger partial charge in [-0.3, -0.25) is 0 Å². The topological polar surface area (TPSA) is 53.9 Å². The molecule has 0 saturated carbocycles. The maximum Gasteiger partial charge on any atom is 0.231 e. The summed E-state index contributed by atoms with van der Waals surface area (Å²) < 4.78 is 0. The number of hydrogen-bond acceptors (Lipinski definition) is 6. The van der Waals surface area contributed by atoms with Gasteiger partial charge in [0.15, 0.2) is 0 Å². The van der Waals surface area contributed by atoms with Gasteiger partial charge in [0.25, 0.3) is 0 Å². The Balaban J connectivity index is 2.12. The molecule has 0 atom stereocenters. The zero-order chi connectivity index (χ0) is 12.8. The van der Waals surface area contributed by atoms with Crippen LogP contribution < -0.4 is 10.2 Å². The molecule has 1 fully saturated rings. The van der Waals surface area contributed by atoms with Crippen molar-refractivity contribution in [3.63, 3.8) is 0 Å². The third-order valence-electron chi connectivity index (χ3n) is 2.63. The highest BCUT2D eigenvalue weighted by atomic mass is 35.5. The Morgan fingerprint density at radius 2 is 2.17 bits per heavy atom. The summed E-state index contributed by atoms with van der Waals surface area (Å²) >= 11 is 7.93. The number of anilines is 2. The van der Waals surface area contributed by atoms with Gasteiger partial charge in [0.2, 0.25) is 17.2 Å². The van der Waals surface area contributed by atoms with Crippen molar-refractivity contribution in [2.24, 2.45) is 0 Å². The van der Waals surface area contributed by atoms with Crippen LogP contribution in [0.2, 0.25) is 5.28 Å². The predicted molar refractivity (Wildman–Crippen MR) is 77.8 cm³/mol. The number of aromatic nitrogens is 3. The molecule has 1 aliphatic heterocycles. The number of thioether (sulfide) groups is 1. The molecule has 5 nitrogen and oxygen atoms in total. The number of hydrogen-bond donors (Lipinski definition) is 1. The van der Waals surface area contributed by atoms with Crippen molar-refractivity contribution in [1.29, 1.82) is 0 Å². The minimum absolute atomic E-state index is 0.260. The van der Waals surface area contributed by atoms with Gasteiger partial charge in [0.05, 0.1) is 0 Å². The molecule has 0 amide bonds. The second kappa shape index (κ2) is 6.99. The highest BCUT2D eigenvalue weighted by Gasteiger charge is 2.14. The average Bonchev–Trinajstić information content (AvgIpc) is 2.64. The van der Waals surface area contributed by atoms with E-state index < -0.39 is 0 Å². The lowest BCUT2D eigenvalue weighted by atomic mass is 10.4. The molecule has 1 aromatic heterocycles. The molecule has 7 heteroatoms. The standard InChI is InChI=1S/C11H18ClN5S/c1-2-4-13-10-14-9(12)15-11(16-10)17-5-3-7-18-8-6-17/h2-8H2,1H3,(H,13,14,15,16). The lowest BCUT2D eigenvalue weighted by Gasteiger charge is -2.20. The first-order valence-electron chi connectivity index (χ1n) is 6.27. The van der Waals surface area contributed by atoms with Crippen molar-refractivity contribution in [2.45, 2.75) is 19.8 Å². The third kappa shape index (κ3) is 3.88. The molecule has 0 aromatic carbocycles. The summed E-state index contributed by atoms with van der Waals surface area (Å²) in [4.78, 5) is 14.9. The number of rotatable bonds is 4. The number of halogens is 1. The molecular weight excluding hydrogens is 270 g/mol. The maximum absolute atomic E-state index is 5.95. The summed E-state index contributed by atoms with van der Waals surface area (Å²) in [7, 11) is 0. The van der Waals surface area contributed by atoms with E-state index in [4.69, 9.17) is 11.6 Å². The molecule has 2 heterocycles. The monoisotopic (exact) mass is 287 g/mol. The smallest absolute Gasteiger partial charge is 0.231 e. The van der Waals surface area contributed by atoms with Gasteiger partial charge in [-0.15, -0.1) is 0 Å². The van der Waals surface area contributed by atoms with Gasteiger partial charge in [0.1, 0.15) is 0 Å². The SMILES string of the molecule is CCCNc1nc(Cl)nc(N2CCCSCC2)n1. The first-order valence-corrected chi connectivity index (χ1v) is 7.81. The van der Waals surface area contributed by atoms with Crippen LogP contribution in [0.4, 0.5) is 11.9 Å². The van der Waals surface area contributed by atoms with Crippen molar-refractivity contribution >= 4 is 35.3 Å². The molecule has 2 rings (SSSR count). The molecule has 18 heavy (non-hydrogen) atoms. The Bertz CT molecular complexity index is 382. The molecule has 0 unspecified atom stereocenters. The molecule has 1 aliphatic rings. The lowest BCUT2D eigenvalue weighted by Crippen LogP contribution is -2.28. The first-order chi connectivity index (χ1) is 8.79. The van der Waals surface area contributed by atoms with E-state index in [2.05, 4.69) is 32.1 Å². The molecule has 0 bridgehead atoms. The minimum Gasteiger partial charge on any atom is -0.354 e. The van der Waals surface area contributed by atoms with Gasteiger partial charge >= 0.3 is 0 Å². The second-order valence-corrected chi connectivity index (χ2v) is 5.67. The molecule has 0 radical (unpaired) electrons. The Morgan fingerprint density at radius 3 is 3.00 bits per heavy atom. The van der Waals surface area contributed by atoms with E-state index in [1.165, 1.54) is 5.75 Å². The van der Waals surface area contributed by atoms with Crippen LogP contribution in [0, 0.1) is 0 Å². The summed E-state index contributed by atoms with van der Waals surface area (Å²) in [5, 5.41) is 3.41. The van der Waals surface area contributed by atoms with Crippen molar-refractivity contribution in [3.05, 3.63) is 5.28 Å². The van der Waals surface area contributed by atoms with Crippen LogP contribution in [0.5, 0.6) is 0 Å². The van der Waals surface area contributed by atoms with Gasteiger partial charge in [-0.1, -0.05) is 6.92 Å². The van der Waals surface area contributed by atoms with Crippen molar-refractivity contribution in [2.75, 3.05) is 41.4 Å². The van der Waals surface area contributed by atoms with Crippen LogP contribution in [-0.2, 0) is 0 Å². The van der Waals surface area contributed by atoms with Crippen LogP contribution in [-0.4, -0.2) is 46.1 Å². The van der Waals surface area contributed by atoms with E-state index in [0.29, 0.717) is 11.9 Å². The molecule has 0 spiro atoms. The van der Waals surface area contributed by atoms with E-state index in [9.17, 15) is 0 Å². The van der Waals surface area contributed by atoms with E-state index in [1.807, 2.05) is 11.8 Å². The van der Waals surface area contributed by atoms with Gasteiger partial charge in [-0.05, 0) is 30.2 Å². The lowest BCUT2D eigenvalue weighted by molar-refractivity contribution is 0.776. The van der Waals surface area contributed by atoms with Crippen LogP contribution >= 0.6 is 23.4 Å². The molecule has 1 N–H and O–H groups in total. The molecular formula is C11H18ClN5S. The fraction of sp³-hybridized carbons (Fsp3) is 0.727. The van der Waals surface area contributed by atoms with E-state index in [0.717, 1.165) is 38.2 Å². The minimum atomic E-state index is 0.260. The van der Waals surface area contributed by atoms with Crippen molar-refractivity contribution in [1.82, 2.24) is 15.0 Å². The number of nitrogens with one attached hydrogen (secondary N) is 1. The summed E-state index contributed by atoms with van der Waals surface area (Å²) in [6, 6.07) is 0. The van der Waals surface area contributed by atoms with E-state index in [-0.39, 0.29) is 5.28 Å². The Kier molecular flexibility index (Phi) is 5.31. The first kappa shape index (κ1) is 13.7. The van der Waals surface area contributed by atoms with Crippen LogP contribution in [0.3, 0.4) is 0 Å². The van der Waals surface area contributed by atoms with Gasteiger partial charge < -0.3 is 10.2 Å². The highest BCUT2D eigenvalue weighted by molar-refractivity contribution is 7.99. The van der Waals surface area contributed by atoms with Crippen LogP contribution in [0.1, 0.15) is 19.8 Å². The Morgan fingerprint density at radius 1 is 1.28 bits per heavy atom. The summed E-state index contributed by atoms with van der Waals surface area (Å²) in [6.45, 7) is 4.90.